The van der Waals surface area contributed by atoms with Crippen LogP contribution in [0, 0.1) is 0 Å². The Morgan fingerprint density at radius 3 is 3.12 bits per heavy atom. The number of halogens is 1. The molecule has 1 aliphatic heterocycles. The summed E-state index contributed by atoms with van der Waals surface area (Å²) in [5.41, 5.74) is -1.24. The molecule has 2 rings (SSSR count). The summed E-state index contributed by atoms with van der Waals surface area (Å²) in [5.74, 6) is 0.578. The number of nitrogens with zero attached hydrogens (tertiary/aromatic N) is 1. The Labute approximate surface area is 94.2 Å². The summed E-state index contributed by atoms with van der Waals surface area (Å²) in [4.78, 5) is 13.4. The maximum Gasteiger partial charge on any atom is 0.230 e. The maximum absolute atomic E-state index is 13.7. The molecule has 1 aliphatic rings. The van der Waals surface area contributed by atoms with E-state index in [1.165, 1.54) is 6.26 Å². The van der Waals surface area contributed by atoms with Crippen LogP contribution in [-0.4, -0.2) is 29.6 Å². The number of carbonyl (C=O) groups excluding carboxylic acids is 1. The number of likely N-dealkylation sites (tertiary alicyclic amines) is 1. The van der Waals surface area contributed by atoms with E-state index < -0.39 is 5.67 Å². The minimum absolute atomic E-state index is 0.0569. The molecule has 0 aliphatic carbocycles. The van der Waals surface area contributed by atoms with E-state index in [0.717, 1.165) is 6.42 Å². The molecule has 4 heteroatoms. The average Bonchev–Trinajstić information content (AvgIpc) is 2.69. The number of furan rings is 1. The van der Waals surface area contributed by atoms with Crippen LogP contribution < -0.4 is 0 Å². The van der Waals surface area contributed by atoms with E-state index in [2.05, 4.69) is 0 Å². The molecule has 0 radical (unpaired) electrons. The fraction of sp³-hybridized carbons (Fsp3) is 0.583. The number of piperidine rings is 1. The number of hydrogen-bond donors (Lipinski definition) is 0. The van der Waals surface area contributed by atoms with Gasteiger partial charge in [-0.3, -0.25) is 4.79 Å². The van der Waals surface area contributed by atoms with Crippen LogP contribution in [0.15, 0.2) is 22.8 Å². The first kappa shape index (κ1) is 11.2. The molecule has 0 N–H and O–H groups in total. The topological polar surface area (TPSA) is 33.5 Å². The fourth-order valence-electron chi connectivity index (χ4n) is 2.08. The third-order valence-corrected chi connectivity index (χ3v) is 2.90. The van der Waals surface area contributed by atoms with Gasteiger partial charge in [0.05, 0.1) is 19.2 Å². The lowest BCUT2D eigenvalue weighted by Crippen LogP contribution is -2.46. The summed E-state index contributed by atoms with van der Waals surface area (Å²) < 4.78 is 18.8. The first-order valence-corrected chi connectivity index (χ1v) is 5.56. The normalized spacial score (nSPS) is 25.8. The summed E-state index contributed by atoms with van der Waals surface area (Å²) in [6.07, 6.45) is 3.04. The minimum atomic E-state index is -1.24. The second-order valence-electron chi connectivity index (χ2n) is 4.59. The Morgan fingerprint density at radius 1 is 1.69 bits per heavy atom. The summed E-state index contributed by atoms with van der Waals surface area (Å²) in [6.45, 7) is 2.41. The van der Waals surface area contributed by atoms with E-state index in [1.807, 2.05) is 0 Å². The maximum atomic E-state index is 13.7. The van der Waals surface area contributed by atoms with Crippen molar-refractivity contribution in [2.75, 3.05) is 13.1 Å². The minimum Gasteiger partial charge on any atom is -0.469 e. The molecule has 2 heterocycles. The van der Waals surface area contributed by atoms with Gasteiger partial charge in [-0.25, -0.2) is 4.39 Å². The Bertz CT molecular complexity index is 359. The van der Waals surface area contributed by atoms with Gasteiger partial charge in [-0.1, -0.05) is 0 Å². The average molecular weight is 225 g/mol. The van der Waals surface area contributed by atoms with Crippen LogP contribution in [0.25, 0.3) is 0 Å². The van der Waals surface area contributed by atoms with Crippen LogP contribution in [-0.2, 0) is 11.2 Å². The van der Waals surface area contributed by atoms with Gasteiger partial charge in [0.1, 0.15) is 11.4 Å². The first-order chi connectivity index (χ1) is 7.57. The number of alkyl halides is 1. The third-order valence-electron chi connectivity index (χ3n) is 2.90. The van der Waals surface area contributed by atoms with Gasteiger partial charge in [0, 0.05) is 6.54 Å². The van der Waals surface area contributed by atoms with Crippen LogP contribution in [0.5, 0.6) is 0 Å². The summed E-state index contributed by atoms with van der Waals surface area (Å²) in [6, 6.07) is 3.51. The highest BCUT2D eigenvalue weighted by molar-refractivity contribution is 5.78. The quantitative estimate of drug-likeness (QED) is 0.773. The zero-order valence-electron chi connectivity index (χ0n) is 9.41. The van der Waals surface area contributed by atoms with Crippen LogP contribution in [0.3, 0.4) is 0 Å². The van der Waals surface area contributed by atoms with Crippen molar-refractivity contribution in [2.24, 2.45) is 0 Å². The van der Waals surface area contributed by atoms with Gasteiger partial charge in [0.25, 0.3) is 0 Å². The summed E-state index contributed by atoms with van der Waals surface area (Å²) >= 11 is 0. The molecule has 3 nitrogen and oxygen atoms in total. The van der Waals surface area contributed by atoms with Crippen molar-refractivity contribution < 1.29 is 13.6 Å². The highest BCUT2D eigenvalue weighted by Gasteiger charge is 2.32. The van der Waals surface area contributed by atoms with Gasteiger partial charge in [0.2, 0.25) is 5.91 Å². The van der Waals surface area contributed by atoms with E-state index in [9.17, 15) is 9.18 Å². The molecule has 0 spiro atoms. The molecule has 88 valence electrons. The van der Waals surface area contributed by atoms with E-state index in [0.29, 0.717) is 18.7 Å². The van der Waals surface area contributed by atoms with Gasteiger partial charge in [-0.2, -0.15) is 0 Å². The smallest absolute Gasteiger partial charge is 0.230 e. The Morgan fingerprint density at radius 2 is 2.50 bits per heavy atom. The Hall–Kier alpha value is -1.32. The molecule has 0 bridgehead atoms. The van der Waals surface area contributed by atoms with Crippen LogP contribution in [0.2, 0.25) is 0 Å². The standard InChI is InChI=1S/C12H16FNO2/c1-12(13)5-3-6-14(9-12)11(15)8-10-4-2-7-16-10/h2,4,7H,3,5-6,8-9H2,1H3. The monoisotopic (exact) mass is 225 g/mol. The van der Waals surface area contributed by atoms with E-state index in [1.54, 1.807) is 24.0 Å². The lowest BCUT2D eigenvalue weighted by atomic mass is 9.97. The molecule has 1 atom stereocenters. The van der Waals surface area contributed by atoms with E-state index in [-0.39, 0.29) is 18.9 Å². The molecular formula is C12H16FNO2. The fourth-order valence-corrected chi connectivity index (χ4v) is 2.08. The summed E-state index contributed by atoms with van der Waals surface area (Å²) in [7, 11) is 0. The predicted molar refractivity (Wildman–Crippen MR) is 57.7 cm³/mol. The molecule has 16 heavy (non-hydrogen) atoms. The molecular weight excluding hydrogens is 209 g/mol. The molecule has 0 aromatic carbocycles. The van der Waals surface area contributed by atoms with E-state index in [4.69, 9.17) is 4.42 Å². The zero-order chi connectivity index (χ0) is 11.6. The predicted octanol–water partition coefficient (Wildman–Crippen LogP) is 2.17. The van der Waals surface area contributed by atoms with Crippen molar-refractivity contribution in [3.05, 3.63) is 24.2 Å². The van der Waals surface area contributed by atoms with Crippen molar-refractivity contribution in [1.82, 2.24) is 4.90 Å². The van der Waals surface area contributed by atoms with Crippen molar-refractivity contribution in [3.63, 3.8) is 0 Å². The first-order valence-electron chi connectivity index (χ1n) is 5.56. The Balaban J connectivity index is 1.94. The van der Waals surface area contributed by atoms with Gasteiger partial charge in [-0.15, -0.1) is 0 Å². The molecule has 1 amide bonds. The molecule has 1 aromatic rings. The highest BCUT2D eigenvalue weighted by Crippen LogP contribution is 2.24. The van der Waals surface area contributed by atoms with Gasteiger partial charge in [0.15, 0.2) is 0 Å². The number of carbonyl (C=O) groups is 1. The zero-order valence-corrected chi connectivity index (χ0v) is 9.41. The number of rotatable bonds is 2. The number of hydrogen-bond acceptors (Lipinski definition) is 2. The van der Waals surface area contributed by atoms with Crippen molar-refractivity contribution in [3.8, 4) is 0 Å². The molecule has 1 saturated heterocycles. The van der Waals surface area contributed by atoms with Crippen LogP contribution in [0.1, 0.15) is 25.5 Å². The highest BCUT2D eigenvalue weighted by atomic mass is 19.1. The lowest BCUT2D eigenvalue weighted by Gasteiger charge is -2.35. The second-order valence-corrected chi connectivity index (χ2v) is 4.59. The van der Waals surface area contributed by atoms with E-state index >= 15 is 0 Å². The lowest BCUT2D eigenvalue weighted by molar-refractivity contribution is -0.134. The number of amides is 1. The van der Waals surface area contributed by atoms with Crippen LogP contribution in [0.4, 0.5) is 4.39 Å². The molecule has 0 saturated carbocycles. The SMILES string of the molecule is CC1(F)CCCN(C(=O)Cc2ccco2)C1. The molecule has 1 aromatic heterocycles. The van der Waals surface area contributed by atoms with Crippen molar-refractivity contribution in [2.45, 2.75) is 31.9 Å². The summed E-state index contributed by atoms with van der Waals surface area (Å²) in [5, 5.41) is 0. The van der Waals surface area contributed by atoms with Gasteiger partial charge < -0.3 is 9.32 Å². The van der Waals surface area contributed by atoms with Crippen LogP contribution >= 0.6 is 0 Å². The van der Waals surface area contributed by atoms with Crippen molar-refractivity contribution in [1.29, 1.82) is 0 Å². The molecule has 1 fully saturated rings. The largest absolute Gasteiger partial charge is 0.469 e. The molecule has 1 unspecified atom stereocenters. The van der Waals surface area contributed by atoms with Gasteiger partial charge in [-0.05, 0) is 31.9 Å². The second kappa shape index (κ2) is 4.28. The van der Waals surface area contributed by atoms with Gasteiger partial charge >= 0.3 is 0 Å². The third kappa shape index (κ3) is 2.62. The Kier molecular flexibility index (Phi) is 2.99. The van der Waals surface area contributed by atoms with Crippen molar-refractivity contribution >= 4 is 5.91 Å².